The summed E-state index contributed by atoms with van der Waals surface area (Å²) in [6.45, 7) is 2.20. The van der Waals surface area contributed by atoms with E-state index in [1.54, 1.807) is 5.38 Å². The molecule has 0 bridgehead atoms. The highest BCUT2D eigenvalue weighted by Gasteiger charge is 2.10. The molecule has 0 unspecified atom stereocenters. The Labute approximate surface area is 127 Å². The third-order valence-electron chi connectivity index (χ3n) is 2.81. The summed E-state index contributed by atoms with van der Waals surface area (Å²) in [5.41, 5.74) is 2.37. The monoisotopic (exact) mass is 307 g/mol. The van der Waals surface area contributed by atoms with Crippen molar-refractivity contribution >= 4 is 29.1 Å². The number of hydrogen-bond donors (Lipinski definition) is 1. The quantitative estimate of drug-likeness (QED) is 0.763. The average Bonchev–Trinajstić information content (AvgIpc) is 2.94. The zero-order valence-electron chi connectivity index (χ0n) is 11.3. The Morgan fingerprint density at radius 2 is 2.30 bits per heavy atom. The Balaban J connectivity index is 2.06. The molecular weight excluding hydrogens is 290 g/mol. The van der Waals surface area contributed by atoms with Gasteiger partial charge < -0.3 is 5.11 Å². The number of aromatic nitrogens is 1. The normalized spacial score (nSPS) is 10.7. The first-order valence-corrected chi connectivity index (χ1v) is 8.60. The first-order chi connectivity index (χ1) is 9.70. The molecule has 0 saturated heterocycles. The van der Waals surface area contributed by atoms with Crippen LogP contribution >= 0.6 is 23.1 Å². The predicted octanol–water partition coefficient (Wildman–Crippen LogP) is 4.54. The van der Waals surface area contributed by atoms with Crippen molar-refractivity contribution in [1.82, 2.24) is 4.98 Å². The van der Waals surface area contributed by atoms with E-state index >= 15 is 0 Å². The van der Waals surface area contributed by atoms with E-state index in [1.165, 1.54) is 35.5 Å². The van der Waals surface area contributed by atoms with Crippen molar-refractivity contribution in [2.45, 2.75) is 25.5 Å². The summed E-state index contributed by atoms with van der Waals surface area (Å²) in [5.74, 6) is 1.20. The van der Waals surface area contributed by atoms with Crippen LogP contribution in [0.15, 0.2) is 29.6 Å². The van der Waals surface area contributed by atoms with Crippen molar-refractivity contribution in [3.63, 3.8) is 0 Å². The summed E-state index contributed by atoms with van der Waals surface area (Å²) < 4.78 is 0. The van der Waals surface area contributed by atoms with E-state index in [0.29, 0.717) is 0 Å². The molecule has 0 aliphatic rings. The van der Waals surface area contributed by atoms with Crippen molar-refractivity contribution in [2.75, 3.05) is 5.75 Å². The molecule has 2 rings (SSSR count). The molecule has 0 spiro atoms. The topological polar surface area (TPSA) is 50.2 Å². The number of nitrogens with zero attached hydrogens (tertiary/aromatic N) is 1. The molecule has 1 N–H and O–H groups in total. The minimum Gasteiger partial charge on any atom is -0.476 e. The van der Waals surface area contributed by atoms with Gasteiger partial charge in [-0.2, -0.15) is 11.8 Å². The fourth-order valence-electron chi connectivity index (χ4n) is 1.74. The van der Waals surface area contributed by atoms with Gasteiger partial charge in [-0.25, -0.2) is 9.78 Å². The molecule has 0 saturated carbocycles. The van der Waals surface area contributed by atoms with Crippen LogP contribution < -0.4 is 0 Å². The third-order valence-corrected chi connectivity index (χ3v) is 4.81. The van der Waals surface area contributed by atoms with Crippen LogP contribution in [0.25, 0.3) is 10.6 Å². The number of benzene rings is 1. The van der Waals surface area contributed by atoms with Gasteiger partial charge in [0.1, 0.15) is 5.01 Å². The molecule has 5 heteroatoms. The van der Waals surface area contributed by atoms with Crippen molar-refractivity contribution in [1.29, 1.82) is 0 Å². The maximum Gasteiger partial charge on any atom is 0.355 e. The number of rotatable bonds is 7. The van der Waals surface area contributed by atoms with E-state index < -0.39 is 5.97 Å². The highest BCUT2D eigenvalue weighted by molar-refractivity contribution is 7.98. The number of carboxylic acid groups (broad SMARTS) is 1. The van der Waals surface area contributed by atoms with E-state index in [9.17, 15) is 4.79 Å². The van der Waals surface area contributed by atoms with E-state index in [0.717, 1.165) is 16.3 Å². The van der Waals surface area contributed by atoms with Gasteiger partial charge >= 0.3 is 5.97 Å². The molecule has 1 aromatic heterocycles. The minimum atomic E-state index is -0.973. The first kappa shape index (κ1) is 15.1. The van der Waals surface area contributed by atoms with Gasteiger partial charge in [-0.3, -0.25) is 0 Å². The number of carbonyl (C=O) groups is 1. The van der Waals surface area contributed by atoms with Gasteiger partial charge in [0.05, 0.1) is 0 Å². The van der Waals surface area contributed by atoms with Gasteiger partial charge in [0, 0.05) is 16.7 Å². The summed E-state index contributed by atoms with van der Waals surface area (Å²) >= 11 is 3.31. The van der Waals surface area contributed by atoms with Crippen LogP contribution in [-0.2, 0) is 5.75 Å². The lowest BCUT2D eigenvalue weighted by atomic mass is 10.1. The summed E-state index contributed by atoms with van der Waals surface area (Å²) in [6.07, 6.45) is 2.48. The average molecular weight is 307 g/mol. The van der Waals surface area contributed by atoms with E-state index in [1.807, 2.05) is 23.9 Å². The van der Waals surface area contributed by atoms with Crippen LogP contribution in [0.5, 0.6) is 0 Å². The van der Waals surface area contributed by atoms with Crippen LogP contribution in [0, 0.1) is 0 Å². The molecule has 1 aromatic carbocycles. The molecule has 0 aliphatic carbocycles. The fourth-order valence-corrected chi connectivity index (χ4v) is 3.58. The van der Waals surface area contributed by atoms with Crippen LogP contribution in [0.4, 0.5) is 0 Å². The predicted molar refractivity (Wildman–Crippen MR) is 85.6 cm³/mol. The summed E-state index contributed by atoms with van der Waals surface area (Å²) in [5, 5.41) is 11.3. The van der Waals surface area contributed by atoms with Crippen molar-refractivity contribution in [2.24, 2.45) is 0 Å². The molecular formula is C15H17NO2S2. The van der Waals surface area contributed by atoms with Gasteiger partial charge in [-0.15, -0.1) is 11.3 Å². The molecule has 1 heterocycles. The second kappa shape index (κ2) is 7.45. The summed E-state index contributed by atoms with van der Waals surface area (Å²) in [7, 11) is 0. The molecule has 0 atom stereocenters. The lowest BCUT2D eigenvalue weighted by Crippen LogP contribution is -1.95. The van der Waals surface area contributed by atoms with Crippen molar-refractivity contribution in [3.05, 3.63) is 40.9 Å². The Kier molecular flexibility index (Phi) is 5.61. The minimum absolute atomic E-state index is 0.118. The summed E-state index contributed by atoms with van der Waals surface area (Å²) in [4.78, 5) is 15.0. The SMILES string of the molecule is CCCCSCc1cccc(-c2nc(C(=O)O)cs2)c1. The van der Waals surface area contributed by atoms with Crippen molar-refractivity contribution < 1.29 is 9.90 Å². The number of aromatic carboxylic acids is 1. The van der Waals surface area contributed by atoms with Crippen LogP contribution in [0.2, 0.25) is 0 Å². The number of carboxylic acids is 1. The number of thioether (sulfide) groups is 1. The molecule has 0 radical (unpaired) electrons. The fraction of sp³-hybridized carbons (Fsp3) is 0.333. The molecule has 106 valence electrons. The molecule has 3 nitrogen and oxygen atoms in total. The van der Waals surface area contributed by atoms with Gasteiger partial charge in [0.2, 0.25) is 0 Å². The van der Waals surface area contributed by atoms with E-state index in [2.05, 4.69) is 24.0 Å². The maximum atomic E-state index is 10.9. The molecule has 0 fully saturated rings. The number of unbranched alkanes of at least 4 members (excludes halogenated alkanes) is 1. The first-order valence-electron chi connectivity index (χ1n) is 6.56. The zero-order chi connectivity index (χ0) is 14.4. The molecule has 20 heavy (non-hydrogen) atoms. The maximum absolute atomic E-state index is 10.9. The highest BCUT2D eigenvalue weighted by atomic mass is 32.2. The molecule has 0 amide bonds. The lowest BCUT2D eigenvalue weighted by molar-refractivity contribution is 0.0691. The van der Waals surface area contributed by atoms with Crippen LogP contribution in [-0.4, -0.2) is 21.8 Å². The van der Waals surface area contributed by atoms with Gasteiger partial charge in [-0.1, -0.05) is 31.5 Å². The van der Waals surface area contributed by atoms with Gasteiger partial charge in [0.25, 0.3) is 0 Å². The lowest BCUT2D eigenvalue weighted by Gasteiger charge is -2.03. The second-order valence-corrected chi connectivity index (χ2v) is 6.41. The summed E-state index contributed by atoms with van der Waals surface area (Å²) in [6, 6.07) is 8.19. The molecule has 0 aliphatic heterocycles. The Morgan fingerprint density at radius 1 is 1.45 bits per heavy atom. The number of thiazole rings is 1. The van der Waals surface area contributed by atoms with Gasteiger partial charge in [-0.05, 0) is 23.8 Å². The molecule has 2 aromatic rings. The standard InChI is InChI=1S/C15H17NO2S2/c1-2-3-7-19-9-11-5-4-6-12(8-11)14-16-13(10-20-14)15(17)18/h4-6,8,10H,2-3,7,9H2,1H3,(H,17,18). The third kappa shape index (κ3) is 4.08. The Bertz CT molecular complexity index is 581. The second-order valence-electron chi connectivity index (χ2n) is 4.45. The van der Waals surface area contributed by atoms with Gasteiger partial charge in [0.15, 0.2) is 5.69 Å². The smallest absolute Gasteiger partial charge is 0.355 e. The largest absolute Gasteiger partial charge is 0.476 e. The van der Waals surface area contributed by atoms with Crippen LogP contribution in [0.3, 0.4) is 0 Å². The van der Waals surface area contributed by atoms with E-state index in [-0.39, 0.29) is 5.69 Å². The zero-order valence-corrected chi connectivity index (χ0v) is 13.0. The Hall–Kier alpha value is -1.33. The Morgan fingerprint density at radius 3 is 3.00 bits per heavy atom. The number of hydrogen-bond acceptors (Lipinski definition) is 4. The van der Waals surface area contributed by atoms with Crippen LogP contribution in [0.1, 0.15) is 35.8 Å². The van der Waals surface area contributed by atoms with E-state index in [4.69, 9.17) is 5.11 Å². The highest BCUT2D eigenvalue weighted by Crippen LogP contribution is 2.26. The van der Waals surface area contributed by atoms with Crippen molar-refractivity contribution in [3.8, 4) is 10.6 Å².